The second-order valence-electron chi connectivity index (χ2n) is 6.82. The minimum absolute atomic E-state index is 0.137. The number of aromatic nitrogens is 4. The van der Waals surface area contributed by atoms with Crippen LogP contribution in [0.2, 0.25) is 5.15 Å². The minimum atomic E-state index is -0.341. The molecule has 0 fully saturated rings. The third kappa shape index (κ3) is 4.75. The molecule has 0 aliphatic rings. The third-order valence-corrected chi connectivity index (χ3v) is 5.03. The Balaban J connectivity index is 1.42. The zero-order valence-electron chi connectivity index (χ0n) is 17.0. The number of amides is 1. The van der Waals surface area contributed by atoms with Crippen molar-refractivity contribution in [3.8, 4) is 11.5 Å². The van der Waals surface area contributed by atoms with E-state index in [0.29, 0.717) is 23.5 Å². The molecule has 0 atom stereocenters. The Kier molecular flexibility index (Phi) is 5.99. The summed E-state index contributed by atoms with van der Waals surface area (Å²) in [5.74, 6) is 1.13. The molecule has 0 saturated carbocycles. The average molecular weight is 438 g/mol. The van der Waals surface area contributed by atoms with Gasteiger partial charge in [0.25, 0.3) is 5.91 Å². The fraction of sp³-hybridized carbons (Fsp3) is 0.182. The summed E-state index contributed by atoms with van der Waals surface area (Å²) in [6.45, 7) is 0.779. The van der Waals surface area contributed by atoms with E-state index in [1.165, 1.54) is 0 Å². The van der Waals surface area contributed by atoms with E-state index in [0.717, 1.165) is 16.7 Å². The van der Waals surface area contributed by atoms with Gasteiger partial charge in [-0.3, -0.25) is 4.79 Å². The molecular formula is C22H20ClN5O3. The van der Waals surface area contributed by atoms with Gasteiger partial charge in [-0.25, -0.2) is 9.67 Å². The van der Waals surface area contributed by atoms with Crippen LogP contribution >= 0.6 is 11.6 Å². The number of carbonyl (C=O) groups excluding carboxylic acids is 1. The van der Waals surface area contributed by atoms with Crippen LogP contribution in [0.3, 0.4) is 0 Å². The van der Waals surface area contributed by atoms with Crippen LogP contribution in [0.15, 0.2) is 54.7 Å². The minimum Gasteiger partial charge on any atom is -0.497 e. The monoisotopic (exact) mass is 437 g/mol. The second kappa shape index (κ2) is 9.01. The quantitative estimate of drug-likeness (QED) is 0.445. The summed E-state index contributed by atoms with van der Waals surface area (Å²) >= 11 is 6.23. The zero-order chi connectivity index (χ0) is 21.8. The summed E-state index contributed by atoms with van der Waals surface area (Å²) in [5, 5.41) is 11.9. The smallest absolute Gasteiger partial charge is 0.254 e. The normalized spacial score (nSPS) is 10.8. The van der Waals surface area contributed by atoms with Crippen molar-refractivity contribution in [2.24, 2.45) is 0 Å². The van der Waals surface area contributed by atoms with Crippen LogP contribution in [0.1, 0.15) is 21.6 Å². The standard InChI is InChI=1S/C22H20ClN5O3/c1-30-17-5-3-14(4-6-17)12-28-13-16(26-27-28)11-24-22(29)19-10-15-9-18(31-2)7-8-20(15)25-21(19)23/h3-10,13H,11-12H2,1-2H3,(H,24,29). The van der Waals surface area contributed by atoms with E-state index < -0.39 is 0 Å². The Hall–Kier alpha value is -3.65. The fourth-order valence-corrected chi connectivity index (χ4v) is 3.33. The number of halogens is 1. The van der Waals surface area contributed by atoms with Crippen molar-refractivity contribution in [3.05, 3.63) is 76.7 Å². The van der Waals surface area contributed by atoms with Crippen molar-refractivity contribution < 1.29 is 14.3 Å². The predicted molar refractivity (Wildman–Crippen MR) is 117 cm³/mol. The first-order valence-electron chi connectivity index (χ1n) is 9.50. The van der Waals surface area contributed by atoms with Crippen molar-refractivity contribution >= 4 is 28.4 Å². The maximum atomic E-state index is 12.7. The van der Waals surface area contributed by atoms with Crippen molar-refractivity contribution in [1.82, 2.24) is 25.3 Å². The van der Waals surface area contributed by atoms with Gasteiger partial charge >= 0.3 is 0 Å². The van der Waals surface area contributed by atoms with Gasteiger partial charge in [-0.05, 0) is 42.0 Å². The summed E-state index contributed by atoms with van der Waals surface area (Å²) in [7, 11) is 3.21. The SMILES string of the molecule is COc1ccc(Cn2cc(CNC(=O)c3cc4cc(OC)ccc4nc3Cl)nn2)cc1. The lowest BCUT2D eigenvalue weighted by Crippen LogP contribution is -2.23. The molecule has 0 saturated heterocycles. The molecule has 0 bridgehead atoms. The number of nitrogens with one attached hydrogen (secondary N) is 1. The maximum Gasteiger partial charge on any atom is 0.254 e. The summed E-state index contributed by atoms with van der Waals surface area (Å²) in [6.07, 6.45) is 1.79. The van der Waals surface area contributed by atoms with Crippen LogP contribution in [0.4, 0.5) is 0 Å². The fourth-order valence-electron chi connectivity index (χ4n) is 3.10. The van der Waals surface area contributed by atoms with Gasteiger partial charge in [-0.15, -0.1) is 5.10 Å². The number of carbonyl (C=O) groups is 1. The van der Waals surface area contributed by atoms with Gasteiger partial charge in [0.2, 0.25) is 0 Å². The van der Waals surface area contributed by atoms with Crippen molar-refractivity contribution in [1.29, 1.82) is 0 Å². The molecule has 4 aromatic rings. The molecule has 2 aromatic heterocycles. The number of hydrogen-bond acceptors (Lipinski definition) is 6. The number of hydrogen-bond donors (Lipinski definition) is 1. The van der Waals surface area contributed by atoms with Crippen LogP contribution in [0.5, 0.6) is 11.5 Å². The van der Waals surface area contributed by atoms with E-state index in [1.807, 2.05) is 24.3 Å². The topological polar surface area (TPSA) is 91.2 Å². The van der Waals surface area contributed by atoms with E-state index in [-0.39, 0.29) is 23.2 Å². The zero-order valence-corrected chi connectivity index (χ0v) is 17.8. The highest BCUT2D eigenvalue weighted by atomic mass is 35.5. The molecule has 0 spiro atoms. The van der Waals surface area contributed by atoms with E-state index in [9.17, 15) is 4.79 Å². The van der Waals surface area contributed by atoms with E-state index >= 15 is 0 Å². The first kappa shape index (κ1) is 20.6. The van der Waals surface area contributed by atoms with Crippen molar-refractivity contribution in [2.45, 2.75) is 13.1 Å². The van der Waals surface area contributed by atoms with Crippen LogP contribution in [0, 0.1) is 0 Å². The Morgan fingerprint density at radius 1 is 1.06 bits per heavy atom. The third-order valence-electron chi connectivity index (χ3n) is 4.74. The molecular weight excluding hydrogens is 418 g/mol. The Morgan fingerprint density at radius 2 is 1.81 bits per heavy atom. The first-order valence-corrected chi connectivity index (χ1v) is 9.88. The number of fused-ring (bicyclic) bond motifs is 1. The predicted octanol–water partition coefficient (Wildman–Crippen LogP) is 3.48. The number of benzene rings is 2. The first-order chi connectivity index (χ1) is 15.1. The van der Waals surface area contributed by atoms with Gasteiger partial charge in [-0.1, -0.05) is 28.9 Å². The lowest BCUT2D eigenvalue weighted by atomic mass is 10.1. The lowest BCUT2D eigenvalue weighted by molar-refractivity contribution is 0.0950. The van der Waals surface area contributed by atoms with Crippen LogP contribution < -0.4 is 14.8 Å². The van der Waals surface area contributed by atoms with Gasteiger partial charge < -0.3 is 14.8 Å². The highest BCUT2D eigenvalue weighted by Crippen LogP contribution is 2.24. The molecule has 2 aromatic carbocycles. The molecule has 0 aliphatic heterocycles. The Labute approximate surface area is 183 Å². The summed E-state index contributed by atoms with van der Waals surface area (Å²) in [6, 6.07) is 14.8. The lowest BCUT2D eigenvalue weighted by Gasteiger charge is -2.08. The number of pyridine rings is 1. The largest absolute Gasteiger partial charge is 0.497 e. The summed E-state index contributed by atoms with van der Waals surface area (Å²) in [5.41, 5.74) is 2.66. The molecule has 2 heterocycles. The van der Waals surface area contributed by atoms with Crippen LogP contribution in [0.25, 0.3) is 10.9 Å². The highest BCUT2D eigenvalue weighted by molar-refractivity contribution is 6.33. The average Bonchev–Trinajstić information content (AvgIpc) is 3.24. The molecule has 4 rings (SSSR count). The molecule has 31 heavy (non-hydrogen) atoms. The summed E-state index contributed by atoms with van der Waals surface area (Å²) in [4.78, 5) is 17.0. The van der Waals surface area contributed by atoms with Crippen molar-refractivity contribution in [2.75, 3.05) is 14.2 Å². The number of ether oxygens (including phenoxy) is 2. The molecule has 0 radical (unpaired) electrons. The maximum absolute atomic E-state index is 12.7. The Morgan fingerprint density at radius 3 is 2.55 bits per heavy atom. The molecule has 0 aliphatic carbocycles. The second-order valence-corrected chi connectivity index (χ2v) is 7.18. The van der Waals surface area contributed by atoms with Gasteiger partial charge in [0, 0.05) is 5.39 Å². The van der Waals surface area contributed by atoms with Gasteiger partial charge in [0.05, 0.1) is 44.6 Å². The highest BCUT2D eigenvalue weighted by Gasteiger charge is 2.14. The van der Waals surface area contributed by atoms with Gasteiger partial charge in [0.15, 0.2) is 0 Å². The van der Waals surface area contributed by atoms with Crippen LogP contribution in [-0.2, 0) is 13.1 Å². The van der Waals surface area contributed by atoms with Gasteiger partial charge in [-0.2, -0.15) is 0 Å². The number of methoxy groups -OCH3 is 2. The molecule has 158 valence electrons. The van der Waals surface area contributed by atoms with E-state index in [2.05, 4.69) is 20.6 Å². The van der Waals surface area contributed by atoms with Crippen LogP contribution in [-0.4, -0.2) is 40.1 Å². The van der Waals surface area contributed by atoms with E-state index in [1.54, 1.807) is 49.4 Å². The van der Waals surface area contributed by atoms with Gasteiger partial charge in [0.1, 0.15) is 22.3 Å². The molecule has 9 heteroatoms. The van der Waals surface area contributed by atoms with E-state index in [4.69, 9.17) is 21.1 Å². The number of rotatable bonds is 7. The molecule has 8 nitrogen and oxygen atoms in total. The molecule has 1 N–H and O–H groups in total. The van der Waals surface area contributed by atoms with Crippen molar-refractivity contribution in [3.63, 3.8) is 0 Å². The Bertz CT molecular complexity index is 1220. The number of nitrogens with zero attached hydrogens (tertiary/aromatic N) is 4. The molecule has 0 unspecified atom stereocenters. The summed E-state index contributed by atoms with van der Waals surface area (Å²) < 4.78 is 12.1. The molecule has 1 amide bonds.